The summed E-state index contributed by atoms with van der Waals surface area (Å²) in [6.45, 7) is 1.74. The molecule has 0 bridgehead atoms. The zero-order valence-electron chi connectivity index (χ0n) is 14.8. The predicted molar refractivity (Wildman–Crippen MR) is 103 cm³/mol. The van der Waals surface area contributed by atoms with E-state index >= 15 is 0 Å². The first-order chi connectivity index (χ1) is 13.1. The van der Waals surface area contributed by atoms with Crippen LogP contribution >= 0.6 is 11.6 Å². The van der Waals surface area contributed by atoms with Crippen molar-refractivity contribution in [3.05, 3.63) is 65.2 Å². The number of amides is 2. The van der Waals surface area contributed by atoms with Gasteiger partial charge in [0.2, 0.25) is 5.91 Å². The second-order valence-corrected chi connectivity index (χ2v) is 7.93. The Balaban J connectivity index is 1.53. The molecule has 3 saturated heterocycles. The maximum Gasteiger partial charge on any atom is 0.256 e. The molecule has 0 N–H and O–H groups in total. The van der Waals surface area contributed by atoms with Crippen LogP contribution in [0.5, 0.6) is 0 Å². The van der Waals surface area contributed by atoms with Crippen molar-refractivity contribution >= 4 is 29.1 Å². The van der Waals surface area contributed by atoms with E-state index in [9.17, 15) is 9.59 Å². The quantitative estimate of drug-likeness (QED) is 0.748. The third-order valence-corrected chi connectivity index (χ3v) is 6.27. The number of fused-ring (bicyclic) bond motifs is 2. The van der Waals surface area contributed by atoms with Gasteiger partial charge in [0.1, 0.15) is 5.54 Å². The van der Waals surface area contributed by atoms with E-state index in [1.807, 2.05) is 18.2 Å². The molecular formula is C21H20ClN3O2. The Morgan fingerprint density at radius 2 is 1.70 bits per heavy atom. The van der Waals surface area contributed by atoms with Gasteiger partial charge in [-0.1, -0.05) is 41.9 Å². The average molecular weight is 382 g/mol. The monoisotopic (exact) mass is 381 g/mol. The third-order valence-electron chi connectivity index (χ3n) is 6.02. The average Bonchev–Trinajstić information content (AvgIpc) is 3.33. The van der Waals surface area contributed by atoms with E-state index in [1.165, 1.54) is 10.5 Å². The lowest BCUT2D eigenvalue weighted by Gasteiger charge is -2.32. The number of hydrogen-bond acceptors (Lipinski definition) is 4. The number of halogens is 1. The summed E-state index contributed by atoms with van der Waals surface area (Å²) in [4.78, 5) is 27.8. The molecule has 5 rings (SSSR count). The first-order valence-electron chi connectivity index (χ1n) is 9.32. The van der Waals surface area contributed by atoms with Crippen molar-refractivity contribution in [1.82, 2.24) is 10.0 Å². The minimum atomic E-state index is -0.770. The summed E-state index contributed by atoms with van der Waals surface area (Å²) < 4.78 is 0. The van der Waals surface area contributed by atoms with Crippen LogP contribution in [0.25, 0.3) is 0 Å². The summed E-state index contributed by atoms with van der Waals surface area (Å²) >= 11 is 5.97. The SMILES string of the molecule is O=C1C[C@]2(C[C@H](c3ccccc3)N3CCCN32)C(=O)N1c1ccc(Cl)cc1. The summed E-state index contributed by atoms with van der Waals surface area (Å²) in [5, 5.41) is 5.05. The molecule has 6 heteroatoms. The minimum Gasteiger partial charge on any atom is -0.274 e. The Labute approximate surface area is 163 Å². The van der Waals surface area contributed by atoms with E-state index in [-0.39, 0.29) is 24.3 Å². The Kier molecular flexibility index (Phi) is 3.86. The Bertz CT molecular complexity index is 901. The molecule has 3 heterocycles. The van der Waals surface area contributed by atoms with Gasteiger partial charge in [-0.3, -0.25) is 9.59 Å². The van der Waals surface area contributed by atoms with Gasteiger partial charge in [0.05, 0.1) is 18.2 Å². The number of benzene rings is 2. The molecule has 5 nitrogen and oxygen atoms in total. The molecule has 3 aliphatic rings. The number of carbonyl (C=O) groups excluding carboxylic acids is 2. The number of hydrogen-bond donors (Lipinski definition) is 0. The van der Waals surface area contributed by atoms with Crippen LogP contribution < -0.4 is 4.90 Å². The van der Waals surface area contributed by atoms with Gasteiger partial charge in [-0.25, -0.2) is 14.9 Å². The summed E-state index contributed by atoms with van der Waals surface area (Å²) in [7, 11) is 0. The van der Waals surface area contributed by atoms with Gasteiger partial charge < -0.3 is 0 Å². The maximum absolute atomic E-state index is 13.5. The largest absolute Gasteiger partial charge is 0.274 e. The number of carbonyl (C=O) groups is 2. The van der Waals surface area contributed by atoms with Crippen molar-refractivity contribution in [2.75, 3.05) is 18.0 Å². The molecule has 0 aliphatic carbocycles. The van der Waals surface area contributed by atoms with Gasteiger partial charge in [0.15, 0.2) is 0 Å². The van der Waals surface area contributed by atoms with E-state index in [4.69, 9.17) is 11.6 Å². The molecule has 3 fully saturated rings. The van der Waals surface area contributed by atoms with Crippen LogP contribution in [0, 0.1) is 0 Å². The number of anilines is 1. The van der Waals surface area contributed by atoms with Crippen molar-refractivity contribution in [3.8, 4) is 0 Å². The van der Waals surface area contributed by atoms with Crippen molar-refractivity contribution < 1.29 is 9.59 Å². The minimum absolute atomic E-state index is 0.111. The number of imide groups is 1. The number of nitrogens with zero attached hydrogens (tertiary/aromatic N) is 3. The lowest BCUT2D eigenvalue weighted by molar-refractivity contribution is -0.131. The van der Waals surface area contributed by atoms with Gasteiger partial charge in [-0.15, -0.1) is 0 Å². The van der Waals surface area contributed by atoms with Crippen molar-refractivity contribution in [2.45, 2.75) is 30.8 Å². The van der Waals surface area contributed by atoms with Crippen LogP contribution in [0.2, 0.25) is 5.02 Å². The van der Waals surface area contributed by atoms with Gasteiger partial charge in [0.25, 0.3) is 5.91 Å². The first-order valence-corrected chi connectivity index (χ1v) is 9.70. The molecule has 0 unspecified atom stereocenters. The Hall–Kier alpha value is -2.21. The van der Waals surface area contributed by atoms with E-state index in [1.54, 1.807) is 24.3 Å². The molecule has 0 saturated carbocycles. The van der Waals surface area contributed by atoms with Gasteiger partial charge in [-0.05, 0) is 42.7 Å². The second kappa shape index (κ2) is 6.16. The van der Waals surface area contributed by atoms with Crippen LogP contribution in [0.1, 0.15) is 30.9 Å². The highest BCUT2D eigenvalue weighted by Gasteiger charge is 2.63. The zero-order valence-corrected chi connectivity index (χ0v) is 15.6. The van der Waals surface area contributed by atoms with E-state index in [2.05, 4.69) is 22.2 Å². The van der Waals surface area contributed by atoms with E-state index < -0.39 is 5.54 Å². The summed E-state index contributed by atoms with van der Waals surface area (Å²) in [6.07, 6.45) is 1.88. The molecular weight excluding hydrogens is 362 g/mol. The molecule has 0 radical (unpaired) electrons. The normalized spacial score (nSPS) is 28.5. The summed E-state index contributed by atoms with van der Waals surface area (Å²) in [5.41, 5.74) is 1.03. The van der Waals surface area contributed by atoms with Crippen LogP contribution in [0.3, 0.4) is 0 Å². The maximum atomic E-state index is 13.5. The molecule has 3 aliphatic heterocycles. The van der Waals surface area contributed by atoms with E-state index in [0.29, 0.717) is 17.1 Å². The molecule has 0 aromatic heterocycles. The molecule has 2 atom stereocenters. The van der Waals surface area contributed by atoms with Crippen LogP contribution in [-0.2, 0) is 9.59 Å². The smallest absolute Gasteiger partial charge is 0.256 e. The topological polar surface area (TPSA) is 43.9 Å². The van der Waals surface area contributed by atoms with Crippen LogP contribution in [0.15, 0.2) is 54.6 Å². The number of hydrazine groups is 1. The fraction of sp³-hybridized carbons (Fsp3) is 0.333. The molecule has 138 valence electrons. The second-order valence-electron chi connectivity index (χ2n) is 7.49. The highest BCUT2D eigenvalue weighted by molar-refractivity contribution is 6.31. The Morgan fingerprint density at radius 1 is 0.963 bits per heavy atom. The molecule has 2 aromatic carbocycles. The van der Waals surface area contributed by atoms with Crippen LogP contribution in [0.4, 0.5) is 5.69 Å². The van der Waals surface area contributed by atoms with Crippen molar-refractivity contribution in [3.63, 3.8) is 0 Å². The fourth-order valence-electron chi connectivity index (χ4n) is 4.85. The lowest BCUT2D eigenvalue weighted by Crippen LogP contribution is -2.52. The molecule has 2 amide bonds. The molecule has 1 spiro atoms. The molecule has 27 heavy (non-hydrogen) atoms. The third kappa shape index (κ3) is 2.46. The first kappa shape index (κ1) is 16.9. The highest BCUT2D eigenvalue weighted by atomic mass is 35.5. The van der Waals surface area contributed by atoms with Crippen molar-refractivity contribution in [2.24, 2.45) is 0 Å². The Morgan fingerprint density at radius 3 is 2.44 bits per heavy atom. The summed E-state index contributed by atoms with van der Waals surface area (Å²) in [5.74, 6) is -0.247. The van der Waals surface area contributed by atoms with Crippen molar-refractivity contribution in [1.29, 1.82) is 0 Å². The van der Waals surface area contributed by atoms with E-state index in [0.717, 1.165) is 19.5 Å². The zero-order chi connectivity index (χ0) is 18.6. The van der Waals surface area contributed by atoms with Gasteiger partial charge >= 0.3 is 0 Å². The van der Waals surface area contributed by atoms with Gasteiger partial charge in [0, 0.05) is 18.1 Å². The number of rotatable bonds is 2. The summed E-state index contributed by atoms with van der Waals surface area (Å²) in [6, 6.07) is 17.3. The lowest BCUT2D eigenvalue weighted by atomic mass is 9.88. The standard InChI is InChI=1S/C21H20ClN3O2/c22-16-7-9-17(10-8-16)25-19(26)14-21(20(25)27)13-18(15-5-2-1-3-6-15)23-11-4-12-24(21)23/h1-3,5-10,18H,4,11-14H2/t18-,21-/m1/s1. The molecule has 2 aromatic rings. The fourth-order valence-corrected chi connectivity index (χ4v) is 4.98. The van der Waals surface area contributed by atoms with Crippen LogP contribution in [-0.4, -0.2) is 40.5 Å². The van der Waals surface area contributed by atoms with Gasteiger partial charge in [-0.2, -0.15) is 0 Å². The predicted octanol–water partition coefficient (Wildman–Crippen LogP) is 3.41. The highest BCUT2D eigenvalue weighted by Crippen LogP contribution is 2.50.